The van der Waals surface area contributed by atoms with Gasteiger partial charge in [-0.1, -0.05) is 25.0 Å². The highest BCUT2D eigenvalue weighted by molar-refractivity contribution is 6.21. The Kier molecular flexibility index (Phi) is 4.92. The first-order chi connectivity index (χ1) is 12.1. The summed E-state index contributed by atoms with van der Waals surface area (Å²) in [6.45, 7) is 0.938. The molecule has 1 aromatic heterocycles. The lowest BCUT2D eigenvalue weighted by Crippen LogP contribution is -2.30. The smallest absolute Gasteiger partial charge is 0.301 e. The van der Waals surface area contributed by atoms with Gasteiger partial charge in [-0.15, -0.1) is 0 Å². The third-order valence-corrected chi connectivity index (χ3v) is 4.31. The third-order valence-electron chi connectivity index (χ3n) is 4.31. The maximum Gasteiger partial charge on any atom is 0.328 e. The number of carbonyl (C=O) groups is 2. The molecule has 7 heteroatoms. The van der Waals surface area contributed by atoms with Crippen LogP contribution >= 0.6 is 0 Å². The SMILES string of the molecule is O=C1c2ccccc2C(=O)N1CCCCCCn1ccc(=O)[nH]c1=O. The van der Waals surface area contributed by atoms with Crippen LogP contribution in [0.4, 0.5) is 0 Å². The topological polar surface area (TPSA) is 92.2 Å². The first-order valence-electron chi connectivity index (χ1n) is 8.33. The van der Waals surface area contributed by atoms with Gasteiger partial charge >= 0.3 is 5.69 Å². The molecule has 0 unspecified atom stereocenters. The lowest BCUT2D eigenvalue weighted by Gasteiger charge is -2.13. The first-order valence-corrected chi connectivity index (χ1v) is 8.33. The van der Waals surface area contributed by atoms with Gasteiger partial charge in [-0.25, -0.2) is 4.79 Å². The standard InChI is InChI=1S/C18H19N3O4/c22-15-9-12-20(18(25)19-15)10-5-1-2-6-11-21-16(23)13-7-3-4-8-14(13)17(21)24/h3-4,7-9,12H,1-2,5-6,10-11H2,(H,19,22,25). The first kappa shape index (κ1) is 16.9. The monoisotopic (exact) mass is 341 g/mol. The summed E-state index contributed by atoms with van der Waals surface area (Å²) in [5.74, 6) is -0.444. The number of H-pyrrole nitrogens is 1. The summed E-state index contributed by atoms with van der Waals surface area (Å²) in [5.41, 5.74) is 0.149. The van der Waals surface area contributed by atoms with Crippen molar-refractivity contribution in [1.82, 2.24) is 14.5 Å². The van der Waals surface area contributed by atoms with Gasteiger partial charge in [0.2, 0.25) is 0 Å². The maximum absolute atomic E-state index is 12.2. The third kappa shape index (κ3) is 3.60. The number of imide groups is 1. The zero-order chi connectivity index (χ0) is 17.8. The van der Waals surface area contributed by atoms with Crippen molar-refractivity contribution in [2.75, 3.05) is 6.54 Å². The molecule has 25 heavy (non-hydrogen) atoms. The van der Waals surface area contributed by atoms with Crippen LogP contribution in [0.15, 0.2) is 46.1 Å². The van der Waals surface area contributed by atoms with E-state index in [0.29, 0.717) is 24.2 Å². The number of carbonyl (C=O) groups excluding carboxylic acids is 2. The second kappa shape index (κ2) is 7.29. The van der Waals surface area contributed by atoms with Crippen LogP contribution < -0.4 is 11.2 Å². The summed E-state index contributed by atoms with van der Waals surface area (Å²) in [7, 11) is 0. The molecule has 130 valence electrons. The van der Waals surface area contributed by atoms with Crippen molar-refractivity contribution in [3.63, 3.8) is 0 Å². The van der Waals surface area contributed by atoms with Gasteiger partial charge in [-0.3, -0.25) is 24.3 Å². The minimum atomic E-state index is -0.404. The lowest BCUT2D eigenvalue weighted by molar-refractivity contribution is 0.0651. The van der Waals surface area contributed by atoms with Gasteiger partial charge < -0.3 is 4.57 Å². The molecule has 2 aromatic rings. The van der Waals surface area contributed by atoms with E-state index >= 15 is 0 Å². The zero-order valence-corrected chi connectivity index (χ0v) is 13.7. The summed E-state index contributed by atoms with van der Waals surface area (Å²) in [6.07, 6.45) is 4.72. The fraction of sp³-hybridized carbons (Fsp3) is 0.333. The quantitative estimate of drug-likeness (QED) is 0.608. The summed E-state index contributed by atoms with van der Waals surface area (Å²) < 4.78 is 1.46. The molecule has 1 aromatic carbocycles. The Bertz CT molecular complexity index is 878. The fourth-order valence-corrected chi connectivity index (χ4v) is 2.97. The molecule has 2 heterocycles. The fourth-order valence-electron chi connectivity index (χ4n) is 2.97. The number of aryl methyl sites for hydroxylation is 1. The van der Waals surface area contributed by atoms with Crippen LogP contribution in [0.25, 0.3) is 0 Å². The number of aromatic nitrogens is 2. The molecule has 0 saturated carbocycles. The van der Waals surface area contributed by atoms with Crippen molar-refractivity contribution < 1.29 is 9.59 Å². The number of nitrogens with one attached hydrogen (secondary N) is 1. The highest BCUT2D eigenvalue weighted by atomic mass is 16.2. The van der Waals surface area contributed by atoms with E-state index in [9.17, 15) is 19.2 Å². The van der Waals surface area contributed by atoms with E-state index in [1.54, 1.807) is 24.3 Å². The Hall–Kier alpha value is -2.96. The van der Waals surface area contributed by atoms with E-state index in [2.05, 4.69) is 4.98 Å². The zero-order valence-electron chi connectivity index (χ0n) is 13.7. The molecular formula is C18H19N3O4. The second-order valence-electron chi connectivity index (χ2n) is 6.03. The Morgan fingerprint density at radius 1 is 0.760 bits per heavy atom. The number of aromatic amines is 1. The Balaban J connectivity index is 1.42. The summed E-state index contributed by atoms with van der Waals surface area (Å²) in [4.78, 5) is 50.5. The van der Waals surface area contributed by atoms with Crippen molar-refractivity contribution in [2.45, 2.75) is 32.2 Å². The average molecular weight is 341 g/mol. The number of unbranched alkanes of at least 4 members (excludes halogenated alkanes) is 3. The highest BCUT2D eigenvalue weighted by Gasteiger charge is 2.34. The van der Waals surface area contributed by atoms with E-state index in [4.69, 9.17) is 0 Å². The lowest BCUT2D eigenvalue weighted by atomic mass is 10.1. The molecule has 0 spiro atoms. The molecule has 0 aliphatic carbocycles. The van der Waals surface area contributed by atoms with Crippen molar-refractivity contribution in [2.24, 2.45) is 0 Å². The van der Waals surface area contributed by atoms with E-state index < -0.39 is 11.2 Å². The number of fused-ring (bicyclic) bond motifs is 1. The predicted molar refractivity (Wildman–Crippen MR) is 91.6 cm³/mol. The minimum absolute atomic E-state index is 0.222. The van der Waals surface area contributed by atoms with Gasteiger partial charge in [0.05, 0.1) is 11.1 Å². The van der Waals surface area contributed by atoms with Crippen molar-refractivity contribution >= 4 is 11.8 Å². The number of hydrogen-bond donors (Lipinski definition) is 1. The molecule has 7 nitrogen and oxygen atoms in total. The molecule has 0 fully saturated rings. The minimum Gasteiger partial charge on any atom is -0.301 e. The maximum atomic E-state index is 12.2. The van der Waals surface area contributed by atoms with Crippen LogP contribution in [-0.2, 0) is 6.54 Å². The number of nitrogens with zero attached hydrogens (tertiary/aromatic N) is 2. The van der Waals surface area contributed by atoms with Gasteiger partial charge in [-0.05, 0) is 25.0 Å². The van der Waals surface area contributed by atoms with E-state index in [1.165, 1.54) is 21.7 Å². The highest BCUT2D eigenvalue weighted by Crippen LogP contribution is 2.22. The van der Waals surface area contributed by atoms with Crippen LogP contribution in [0.3, 0.4) is 0 Å². The molecule has 0 radical (unpaired) electrons. The van der Waals surface area contributed by atoms with E-state index in [0.717, 1.165) is 25.7 Å². The Morgan fingerprint density at radius 2 is 1.36 bits per heavy atom. The molecule has 1 aliphatic rings. The Morgan fingerprint density at radius 3 is 1.96 bits per heavy atom. The number of benzene rings is 1. The van der Waals surface area contributed by atoms with Crippen LogP contribution in [0.2, 0.25) is 0 Å². The summed E-state index contributed by atoms with van der Waals surface area (Å²) in [6, 6.07) is 8.19. The largest absolute Gasteiger partial charge is 0.328 e. The van der Waals surface area contributed by atoms with E-state index in [1.807, 2.05) is 0 Å². The van der Waals surface area contributed by atoms with Gasteiger partial charge in [0.1, 0.15) is 0 Å². The predicted octanol–water partition coefficient (Wildman–Crippen LogP) is 1.39. The number of rotatable bonds is 7. The molecule has 2 amide bonds. The van der Waals surface area contributed by atoms with Crippen LogP contribution in [0.5, 0.6) is 0 Å². The van der Waals surface area contributed by atoms with Crippen molar-refractivity contribution in [1.29, 1.82) is 0 Å². The summed E-state index contributed by atoms with van der Waals surface area (Å²) in [5, 5.41) is 0. The average Bonchev–Trinajstić information content (AvgIpc) is 2.84. The Labute approximate surface area is 143 Å². The van der Waals surface area contributed by atoms with Gasteiger partial charge in [0.15, 0.2) is 0 Å². The van der Waals surface area contributed by atoms with Crippen LogP contribution in [0, 0.1) is 0 Å². The van der Waals surface area contributed by atoms with E-state index in [-0.39, 0.29) is 11.8 Å². The molecule has 3 rings (SSSR count). The molecule has 1 aliphatic heterocycles. The van der Waals surface area contributed by atoms with Crippen LogP contribution in [-0.4, -0.2) is 32.8 Å². The molecule has 0 bridgehead atoms. The second-order valence-corrected chi connectivity index (χ2v) is 6.03. The summed E-state index contributed by atoms with van der Waals surface area (Å²) >= 11 is 0. The van der Waals surface area contributed by atoms with Crippen molar-refractivity contribution in [3.8, 4) is 0 Å². The molecule has 0 saturated heterocycles. The van der Waals surface area contributed by atoms with Crippen molar-refractivity contribution in [3.05, 3.63) is 68.5 Å². The van der Waals surface area contributed by atoms with Gasteiger partial charge in [0, 0.05) is 25.4 Å². The van der Waals surface area contributed by atoms with Gasteiger partial charge in [0.25, 0.3) is 17.4 Å². The number of hydrogen-bond acceptors (Lipinski definition) is 4. The van der Waals surface area contributed by atoms with Gasteiger partial charge in [-0.2, -0.15) is 0 Å². The van der Waals surface area contributed by atoms with Crippen LogP contribution in [0.1, 0.15) is 46.4 Å². The molecule has 0 atom stereocenters. The number of amides is 2. The molecular weight excluding hydrogens is 322 g/mol. The normalized spacial score (nSPS) is 13.4. The molecule has 1 N–H and O–H groups in total.